The quantitative estimate of drug-likeness (QED) is 0.381. The zero-order valence-corrected chi connectivity index (χ0v) is 20.9. The van der Waals surface area contributed by atoms with E-state index in [0.717, 1.165) is 35.1 Å². The summed E-state index contributed by atoms with van der Waals surface area (Å²) in [6.45, 7) is 3.94. The van der Waals surface area contributed by atoms with E-state index in [-0.39, 0.29) is 42.5 Å². The maximum absolute atomic E-state index is 13.4. The molecule has 2 N–H and O–H groups in total. The molecule has 2 aromatic carbocycles. The number of ketones is 1. The summed E-state index contributed by atoms with van der Waals surface area (Å²) in [7, 11) is 0. The molecular weight excluding hydrogens is 486 g/mol. The molecule has 1 aliphatic carbocycles. The summed E-state index contributed by atoms with van der Waals surface area (Å²) in [4.78, 5) is 42.8. The smallest absolute Gasteiger partial charge is 0.270 e. The molecule has 0 radical (unpaired) electrons. The largest absolute Gasteiger partial charge is 0.454 e. The Morgan fingerprint density at radius 2 is 1.89 bits per heavy atom. The summed E-state index contributed by atoms with van der Waals surface area (Å²) in [5.41, 5.74) is 5.33. The number of fused-ring (bicyclic) bond motifs is 3. The van der Waals surface area contributed by atoms with Gasteiger partial charge in [-0.1, -0.05) is 18.2 Å². The maximum Gasteiger partial charge on any atom is 0.270 e. The maximum atomic E-state index is 13.4. The molecular formula is C28H25N5O5. The number of Topliss-reactive ketones (excluding diaryl/α,β-unsaturated/α-hetero) is 1. The van der Waals surface area contributed by atoms with Gasteiger partial charge in [0.25, 0.3) is 11.8 Å². The van der Waals surface area contributed by atoms with E-state index >= 15 is 0 Å². The van der Waals surface area contributed by atoms with Crippen LogP contribution in [0.15, 0.2) is 48.7 Å². The Morgan fingerprint density at radius 3 is 2.74 bits per heavy atom. The topological polar surface area (TPSA) is 124 Å². The molecule has 38 heavy (non-hydrogen) atoms. The van der Waals surface area contributed by atoms with Crippen molar-refractivity contribution >= 4 is 23.2 Å². The van der Waals surface area contributed by atoms with Gasteiger partial charge in [0, 0.05) is 24.2 Å². The van der Waals surface area contributed by atoms with Crippen molar-refractivity contribution in [2.45, 2.75) is 39.3 Å². The van der Waals surface area contributed by atoms with Crippen LogP contribution in [0.4, 0.5) is 0 Å². The van der Waals surface area contributed by atoms with E-state index in [1.807, 2.05) is 31.2 Å². The van der Waals surface area contributed by atoms with Crippen LogP contribution in [0.2, 0.25) is 0 Å². The van der Waals surface area contributed by atoms with Gasteiger partial charge in [0.2, 0.25) is 6.79 Å². The fourth-order valence-electron chi connectivity index (χ4n) is 5.16. The third-order valence-electron chi connectivity index (χ3n) is 7.09. The Labute approximate surface area is 218 Å². The first-order chi connectivity index (χ1) is 18.4. The van der Waals surface area contributed by atoms with Crippen LogP contribution in [-0.2, 0) is 13.0 Å². The number of hydrogen-bond donors (Lipinski definition) is 2. The average molecular weight is 512 g/mol. The van der Waals surface area contributed by atoms with E-state index in [0.29, 0.717) is 22.7 Å². The van der Waals surface area contributed by atoms with Gasteiger partial charge in [-0.05, 0) is 61.1 Å². The monoisotopic (exact) mass is 511 g/mol. The van der Waals surface area contributed by atoms with E-state index in [9.17, 15) is 14.4 Å². The molecule has 10 heteroatoms. The van der Waals surface area contributed by atoms with Crippen molar-refractivity contribution in [3.63, 3.8) is 0 Å². The van der Waals surface area contributed by atoms with Crippen molar-refractivity contribution in [2.75, 3.05) is 6.79 Å². The van der Waals surface area contributed by atoms with Gasteiger partial charge in [-0.25, -0.2) is 9.50 Å². The SMILES string of the molecule is CC(=O)c1ccc2c(c1C)CC[C@@H]2NC(=O)c1cc(C(=O)NCc2ccc3c(c2)OCO3)nc2ccnn12. The molecule has 3 heterocycles. The lowest BCUT2D eigenvalue weighted by atomic mass is 9.96. The molecule has 0 saturated heterocycles. The number of rotatable bonds is 6. The molecule has 2 amide bonds. The lowest BCUT2D eigenvalue weighted by Crippen LogP contribution is -2.30. The molecule has 4 aromatic rings. The highest BCUT2D eigenvalue weighted by Gasteiger charge is 2.28. The summed E-state index contributed by atoms with van der Waals surface area (Å²) in [6, 6.07) is 12.1. The first-order valence-electron chi connectivity index (χ1n) is 12.3. The number of nitrogens with zero attached hydrogens (tertiary/aromatic N) is 3. The molecule has 2 aromatic heterocycles. The molecule has 0 spiro atoms. The number of aromatic nitrogens is 3. The first-order valence-corrected chi connectivity index (χ1v) is 12.3. The second-order valence-corrected chi connectivity index (χ2v) is 9.42. The standard InChI is InChI=1S/C28H25N5O5/c1-15-18(16(2)34)4-5-20-19(15)6-7-21(20)32-28(36)23-12-22(31-26-9-10-30-33(23)26)27(35)29-13-17-3-8-24-25(11-17)38-14-37-24/h3-5,8-12,21H,6-7,13-14H2,1-2H3,(H,29,35)(H,32,36)/t21-/m0/s1. The molecule has 1 aliphatic heterocycles. The molecule has 0 saturated carbocycles. The highest BCUT2D eigenvalue weighted by molar-refractivity contribution is 5.99. The van der Waals surface area contributed by atoms with E-state index in [1.54, 1.807) is 19.1 Å². The molecule has 1 atom stereocenters. The summed E-state index contributed by atoms with van der Waals surface area (Å²) < 4.78 is 12.1. The summed E-state index contributed by atoms with van der Waals surface area (Å²) in [5, 5.41) is 10.2. The Hall–Kier alpha value is -4.73. The molecule has 10 nitrogen and oxygen atoms in total. The van der Waals surface area contributed by atoms with Gasteiger partial charge in [-0.2, -0.15) is 5.10 Å². The number of amides is 2. The number of benzene rings is 2. The summed E-state index contributed by atoms with van der Waals surface area (Å²) >= 11 is 0. The molecule has 6 rings (SSSR count). The number of carbonyl (C=O) groups is 3. The predicted molar refractivity (Wildman–Crippen MR) is 136 cm³/mol. The number of nitrogens with one attached hydrogen (secondary N) is 2. The van der Waals surface area contributed by atoms with Crippen LogP contribution in [0, 0.1) is 6.92 Å². The van der Waals surface area contributed by atoms with Crippen LogP contribution in [-0.4, -0.2) is 39.0 Å². The highest BCUT2D eigenvalue weighted by atomic mass is 16.7. The lowest BCUT2D eigenvalue weighted by molar-refractivity contribution is 0.0927. The fraction of sp³-hybridized carbons (Fsp3) is 0.250. The summed E-state index contributed by atoms with van der Waals surface area (Å²) in [6.07, 6.45) is 3.03. The van der Waals surface area contributed by atoms with Crippen molar-refractivity contribution in [2.24, 2.45) is 0 Å². The van der Waals surface area contributed by atoms with Crippen LogP contribution < -0.4 is 20.1 Å². The van der Waals surface area contributed by atoms with Gasteiger partial charge >= 0.3 is 0 Å². The van der Waals surface area contributed by atoms with Crippen LogP contribution in [0.1, 0.15) is 73.0 Å². The Morgan fingerprint density at radius 1 is 1.05 bits per heavy atom. The van der Waals surface area contributed by atoms with Crippen molar-refractivity contribution in [1.29, 1.82) is 0 Å². The van der Waals surface area contributed by atoms with Crippen molar-refractivity contribution in [3.8, 4) is 11.5 Å². The summed E-state index contributed by atoms with van der Waals surface area (Å²) in [5.74, 6) is 0.551. The minimum absolute atomic E-state index is 0.0278. The minimum atomic E-state index is -0.418. The van der Waals surface area contributed by atoms with Crippen molar-refractivity contribution in [3.05, 3.63) is 87.9 Å². The lowest BCUT2D eigenvalue weighted by Gasteiger charge is -2.16. The molecule has 0 bridgehead atoms. The number of ether oxygens (including phenoxy) is 2. The van der Waals surface area contributed by atoms with Crippen LogP contribution >= 0.6 is 0 Å². The van der Waals surface area contributed by atoms with Crippen molar-refractivity contribution in [1.82, 2.24) is 25.2 Å². The van der Waals surface area contributed by atoms with E-state index < -0.39 is 5.91 Å². The number of carbonyl (C=O) groups excluding carboxylic acids is 3. The zero-order valence-electron chi connectivity index (χ0n) is 20.9. The predicted octanol–water partition coefficient (Wildman–Crippen LogP) is 3.32. The minimum Gasteiger partial charge on any atom is -0.454 e. The first kappa shape index (κ1) is 23.7. The molecule has 0 unspecified atom stereocenters. The fourth-order valence-corrected chi connectivity index (χ4v) is 5.16. The van der Waals surface area contributed by atoms with E-state index in [1.165, 1.54) is 16.8 Å². The van der Waals surface area contributed by atoms with Crippen molar-refractivity contribution < 1.29 is 23.9 Å². The van der Waals surface area contributed by atoms with E-state index in [4.69, 9.17) is 9.47 Å². The van der Waals surface area contributed by atoms with Gasteiger partial charge in [-0.3, -0.25) is 14.4 Å². The second kappa shape index (κ2) is 9.29. The van der Waals surface area contributed by atoms with Gasteiger partial charge in [0.1, 0.15) is 11.4 Å². The Kier molecular flexibility index (Phi) is 5.79. The Bertz CT molecular complexity index is 1630. The van der Waals surface area contributed by atoms with Gasteiger partial charge in [0.05, 0.1) is 12.2 Å². The zero-order chi connectivity index (χ0) is 26.4. The van der Waals surface area contributed by atoms with Crippen LogP contribution in [0.25, 0.3) is 5.65 Å². The molecule has 192 valence electrons. The van der Waals surface area contributed by atoms with Gasteiger partial charge < -0.3 is 20.1 Å². The molecule has 2 aliphatic rings. The second-order valence-electron chi connectivity index (χ2n) is 9.42. The third kappa shape index (κ3) is 4.13. The van der Waals surface area contributed by atoms with Gasteiger partial charge in [-0.15, -0.1) is 0 Å². The highest BCUT2D eigenvalue weighted by Crippen LogP contribution is 2.35. The third-order valence-corrected chi connectivity index (χ3v) is 7.09. The normalized spacial score (nSPS) is 15.4. The Balaban J connectivity index is 1.22. The van der Waals surface area contributed by atoms with Crippen LogP contribution in [0.3, 0.4) is 0 Å². The molecule has 0 fully saturated rings. The van der Waals surface area contributed by atoms with Gasteiger partial charge in [0.15, 0.2) is 22.9 Å². The number of hydrogen-bond acceptors (Lipinski definition) is 7. The van der Waals surface area contributed by atoms with E-state index in [2.05, 4.69) is 20.7 Å². The average Bonchev–Trinajstić information content (AvgIpc) is 3.66. The van der Waals surface area contributed by atoms with Crippen LogP contribution in [0.5, 0.6) is 11.5 Å².